The summed E-state index contributed by atoms with van der Waals surface area (Å²) >= 11 is 5.87. The predicted molar refractivity (Wildman–Crippen MR) is 82.4 cm³/mol. The smallest absolute Gasteiger partial charge is 0.228 e. The first-order valence-corrected chi connectivity index (χ1v) is 7.41. The van der Waals surface area contributed by atoms with Gasteiger partial charge < -0.3 is 14.6 Å². The molecule has 0 fully saturated rings. The zero-order chi connectivity index (χ0) is 15.1. The number of hydrogen-bond acceptors (Lipinski definition) is 5. The van der Waals surface area contributed by atoms with Gasteiger partial charge in [0.05, 0.1) is 6.61 Å². The van der Waals surface area contributed by atoms with Crippen molar-refractivity contribution in [1.29, 1.82) is 0 Å². The van der Waals surface area contributed by atoms with Gasteiger partial charge in [0.1, 0.15) is 0 Å². The quantitative estimate of drug-likeness (QED) is 0.812. The third-order valence-electron chi connectivity index (χ3n) is 3.04. The van der Waals surface area contributed by atoms with E-state index in [0.717, 1.165) is 18.5 Å². The minimum Gasteiger partial charge on any atom is -0.383 e. The van der Waals surface area contributed by atoms with Crippen molar-refractivity contribution in [3.63, 3.8) is 0 Å². The molecule has 114 valence electrons. The number of aromatic nitrogens is 2. The third-order valence-corrected chi connectivity index (χ3v) is 3.29. The molecule has 1 atom stereocenters. The molecule has 2 rings (SSSR count). The molecule has 1 unspecified atom stereocenters. The largest absolute Gasteiger partial charge is 0.383 e. The maximum Gasteiger partial charge on any atom is 0.228 e. The van der Waals surface area contributed by atoms with Crippen LogP contribution in [0, 0.1) is 0 Å². The first-order valence-electron chi connectivity index (χ1n) is 7.03. The molecule has 1 aromatic heterocycles. The fraction of sp³-hybridized carbons (Fsp3) is 0.467. The van der Waals surface area contributed by atoms with Crippen LogP contribution in [0.4, 0.5) is 0 Å². The molecule has 0 aliphatic rings. The topological polar surface area (TPSA) is 60.2 Å². The molecule has 1 heterocycles. The van der Waals surface area contributed by atoms with Crippen LogP contribution in [-0.4, -0.2) is 36.4 Å². The Hall–Kier alpha value is -1.43. The monoisotopic (exact) mass is 309 g/mol. The van der Waals surface area contributed by atoms with Crippen LogP contribution >= 0.6 is 11.6 Å². The molecule has 0 radical (unpaired) electrons. The summed E-state index contributed by atoms with van der Waals surface area (Å²) in [6, 6.07) is 7.54. The Bertz CT molecular complexity index is 542. The van der Waals surface area contributed by atoms with E-state index in [1.54, 1.807) is 7.11 Å². The summed E-state index contributed by atoms with van der Waals surface area (Å²) in [6.07, 6.45) is 1.72. The maximum atomic E-state index is 5.87. The van der Waals surface area contributed by atoms with Crippen molar-refractivity contribution in [2.45, 2.75) is 25.8 Å². The second kappa shape index (κ2) is 8.12. The number of rotatable bonds is 8. The molecule has 0 spiro atoms. The predicted octanol–water partition coefficient (Wildman–Crippen LogP) is 2.95. The van der Waals surface area contributed by atoms with Gasteiger partial charge in [0.2, 0.25) is 11.7 Å². The van der Waals surface area contributed by atoms with Gasteiger partial charge in [-0.25, -0.2) is 0 Å². The van der Waals surface area contributed by atoms with E-state index in [4.69, 9.17) is 20.9 Å². The highest BCUT2D eigenvalue weighted by molar-refractivity contribution is 6.30. The van der Waals surface area contributed by atoms with Crippen molar-refractivity contribution in [2.75, 3.05) is 20.3 Å². The minimum atomic E-state index is 0.175. The van der Waals surface area contributed by atoms with Gasteiger partial charge in [-0.3, -0.25) is 0 Å². The highest BCUT2D eigenvalue weighted by Crippen LogP contribution is 2.19. The van der Waals surface area contributed by atoms with Crippen LogP contribution in [0.3, 0.4) is 0 Å². The van der Waals surface area contributed by atoms with Gasteiger partial charge >= 0.3 is 0 Å². The molecule has 0 amide bonds. The Labute approximate surface area is 129 Å². The average Bonchev–Trinajstić information content (AvgIpc) is 2.94. The highest BCUT2D eigenvalue weighted by Gasteiger charge is 2.14. The van der Waals surface area contributed by atoms with Crippen LogP contribution < -0.4 is 5.32 Å². The number of nitrogens with one attached hydrogen (secondary N) is 1. The van der Waals surface area contributed by atoms with Gasteiger partial charge in [-0.05, 0) is 37.2 Å². The molecule has 0 bridgehead atoms. The van der Waals surface area contributed by atoms with Crippen LogP contribution in [0.25, 0.3) is 11.4 Å². The zero-order valence-electron chi connectivity index (χ0n) is 12.3. The number of hydrogen-bond donors (Lipinski definition) is 1. The first kappa shape index (κ1) is 15.9. The molecule has 0 saturated carbocycles. The summed E-state index contributed by atoms with van der Waals surface area (Å²) in [5, 5.41) is 8.10. The van der Waals surface area contributed by atoms with Crippen molar-refractivity contribution in [3.8, 4) is 11.4 Å². The Morgan fingerprint density at radius 1 is 1.33 bits per heavy atom. The van der Waals surface area contributed by atoms with E-state index < -0.39 is 0 Å². The SMILES string of the molecule is CCCNC(COC)Cc1nc(-c2ccc(Cl)cc2)no1. The summed E-state index contributed by atoms with van der Waals surface area (Å²) in [4.78, 5) is 4.42. The van der Waals surface area contributed by atoms with Crippen molar-refractivity contribution in [1.82, 2.24) is 15.5 Å². The summed E-state index contributed by atoms with van der Waals surface area (Å²) in [5.41, 5.74) is 0.888. The normalized spacial score (nSPS) is 12.5. The third kappa shape index (κ3) is 4.81. The van der Waals surface area contributed by atoms with E-state index in [0.29, 0.717) is 29.8 Å². The van der Waals surface area contributed by atoms with Crippen LogP contribution in [0.1, 0.15) is 19.2 Å². The Kier molecular flexibility index (Phi) is 6.17. The van der Waals surface area contributed by atoms with E-state index in [1.165, 1.54) is 0 Å². The van der Waals surface area contributed by atoms with Crippen LogP contribution in [0.2, 0.25) is 5.02 Å². The molecule has 0 saturated heterocycles. The Morgan fingerprint density at radius 3 is 2.76 bits per heavy atom. The fourth-order valence-corrected chi connectivity index (χ4v) is 2.13. The summed E-state index contributed by atoms with van der Waals surface area (Å²) < 4.78 is 10.5. The first-order chi connectivity index (χ1) is 10.2. The van der Waals surface area contributed by atoms with Crippen molar-refractivity contribution in [3.05, 3.63) is 35.2 Å². The van der Waals surface area contributed by atoms with Crippen molar-refractivity contribution < 1.29 is 9.26 Å². The van der Waals surface area contributed by atoms with Gasteiger partial charge in [-0.2, -0.15) is 4.98 Å². The molecule has 1 N–H and O–H groups in total. The van der Waals surface area contributed by atoms with E-state index in [-0.39, 0.29) is 6.04 Å². The van der Waals surface area contributed by atoms with Gasteiger partial charge in [0.25, 0.3) is 0 Å². The van der Waals surface area contributed by atoms with Gasteiger partial charge in [0, 0.05) is 30.2 Å². The summed E-state index contributed by atoms with van der Waals surface area (Å²) in [6.45, 7) is 3.67. The lowest BCUT2D eigenvalue weighted by Gasteiger charge is -2.15. The van der Waals surface area contributed by atoms with E-state index in [9.17, 15) is 0 Å². The second-order valence-corrected chi connectivity index (χ2v) is 5.27. The summed E-state index contributed by atoms with van der Waals surface area (Å²) in [5.74, 6) is 1.18. The lowest BCUT2D eigenvalue weighted by atomic mass is 10.2. The number of methoxy groups -OCH3 is 1. The van der Waals surface area contributed by atoms with E-state index in [1.807, 2.05) is 24.3 Å². The number of nitrogens with zero attached hydrogens (tertiary/aromatic N) is 2. The molecule has 21 heavy (non-hydrogen) atoms. The van der Waals surface area contributed by atoms with E-state index in [2.05, 4.69) is 22.4 Å². The van der Waals surface area contributed by atoms with Crippen LogP contribution in [-0.2, 0) is 11.2 Å². The molecule has 1 aromatic carbocycles. The van der Waals surface area contributed by atoms with Crippen molar-refractivity contribution >= 4 is 11.6 Å². The Balaban J connectivity index is 2.02. The number of halogens is 1. The maximum absolute atomic E-state index is 5.87. The standard InChI is InChI=1S/C15H20ClN3O2/c1-3-8-17-13(10-20-2)9-14-18-15(19-21-14)11-4-6-12(16)7-5-11/h4-7,13,17H,3,8-10H2,1-2H3. The van der Waals surface area contributed by atoms with E-state index >= 15 is 0 Å². The van der Waals surface area contributed by atoms with Gasteiger partial charge in [-0.15, -0.1) is 0 Å². The van der Waals surface area contributed by atoms with Crippen molar-refractivity contribution in [2.24, 2.45) is 0 Å². The molecule has 2 aromatic rings. The molecule has 0 aliphatic heterocycles. The number of benzene rings is 1. The molecular formula is C15H20ClN3O2. The lowest BCUT2D eigenvalue weighted by Crippen LogP contribution is -2.35. The fourth-order valence-electron chi connectivity index (χ4n) is 2.00. The number of ether oxygens (including phenoxy) is 1. The molecule has 5 nitrogen and oxygen atoms in total. The lowest BCUT2D eigenvalue weighted by molar-refractivity contribution is 0.161. The molecule has 0 aliphatic carbocycles. The molecular weight excluding hydrogens is 290 g/mol. The summed E-state index contributed by atoms with van der Waals surface area (Å²) in [7, 11) is 1.69. The Morgan fingerprint density at radius 2 is 2.10 bits per heavy atom. The minimum absolute atomic E-state index is 0.175. The zero-order valence-corrected chi connectivity index (χ0v) is 13.1. The van der Waals surface area contributed by atoms with Gasteiger partial charge in [-0.1, -0.05) is 23.7 Å². The molecule has 6 heteroatoms. The van der Waals surface area contributed by atoms with Crippen LogP contribution in [0.5, 0.6) is 0 Å². The van der Waals surface area contributed by atoms with Gasteiger partial charge in [0.15, 0.2) is 0 Å². The highest BCUT2D eigenvalue weighted by atomic mass is 35.5. The second-order valence-electron chi connectivity index (χ2n) is 4.83. The average molecular weight is 310 g/mol. The van der Waals surface area contributed by atoms with Crippen LogP contribution in [0.15, 0.2) is 28.8 Å².